The Labute approximate surface area is 108 Å². The average Bonchev–Trinajstić information content (AvgIpc) is 2.75. The van der Waals surface area contributed by atoms with Crippen LogP contribution in [-0.4, -0.2) is 13.2 Å². The van der Waals surface area contributed by atoms with Crippen LogP contribution in [0.4, 0.5) is 0 Å². The van der Waals surface area contributed by atoms with Crippen molar-refractivity contribution in [3.05, 3.63) is 21.9 Å². The van der Waals surface area contributed by atoms with E-state index in [2.05, 4.69) is 31.8 Å². The summed E-state index contributed by atoms with van der Waals surface area (Å²) in [5, 5.41) is 0. The number of nitrogens with two attached hydrogens (primary N) is 1. The second kappa shape index (κ2) is 8.30. The molecule has 1 aromatic rings. The molecule has 1 aromatic heterocycles. The van der Waals surface area contributed by atoms with Crippen LogP contribution in [0.15, 0.2) is 12.1 Å². The molecule has 0 saturated heterocycles. The molecule has 0 aromatic carbocycles. The Kier molecular flexibility index (Phi) is 6.95. The zero-order valence-corrected chi connectivity index (χ0v) is 11.5. The molecule has 1 atom stereocenters. The van der Waals surface area contributed by atoms with Crippen LogP contribution >= 0.6 is 11.3 Å². The highest BCUT2D eigenvalue weighted by molar-refractivity contribution is 7.12. The average molecular weight is 251 g/mol. The van der Waals surface area contributed by atoms with Gasteiger partial charge in [0.05, 0.1) is 18.0 Å². The molecule has 2 N–H and O–H groups in total. The molecule has 1 rings (SSSR count). The second-order valence-corrected chi connectivity index (χ2v) is 5.35. The first kappa shape index (κ1) is 14.2. The van der Waals surface area contributed by atoms with Gasteiger partial charge in [-0.2, -0.15) is 0 Å². The molecule has 17 heavy (non-hydrogen) atoms. The Bertz CT molecular complexity index is 375. The van der Waals surface area contributed by atoms with Crippen molar-refractivity contribution in [2.75, 3.05) is 13.2 Å². The molecule has 0 aliphatic rings. The highest BCUT2D eigenvalue weighted by Gasteiger charge is 2.02. The van der Waals surface area contributed by atoms with Gasteiger partial charge in [0.15, 0.2) is 0 Å². The first-order valence-corrected chi connectivity index (χ1v) is 6.93. The second-order valence-electron chi connectivity index (χ2n) is 4.18. The summed E-state index contributed by atoms with van der Waals surface area (Å²) in [5.74, 6) is 6.54. The number of ether oxygens (including phenoxy) is 1. The minimum absolute atomic E-state index is 0.415. The fourth-order valence-corrected chi connectivity index (χ4v) is 2.42. The predicted molar refractivity (Wildman–Crippen MR) is 74.0 cm³/mol. The zero-order valence-electron chi connectivity index (χ0n) is 10.7. The lowest BCUT2D eigenvalue weighted by atomic mass is 10.1. The minimum atomic E-state index is 0.415. The molecule has 0 spiro atoms. The molecule has 0 saturated carbocycles. The fourth-order valence-electron chi connectivity index (χ4n) is 1.60. The lowest BCUT2D eigenvalue weighted by molar-refractivity contribution is 0.0911. The third kappa shape index (κ3) is 5.88. The Balaban J connectivity index is 2.30. The Morgan fingerprint density at radius 1 is 1.47 bits per heavy atom. The maximum absolute atomic E-state index is 5.69. The summed E-state index contributed by atoms with van der Waals surface area (Å²) in [6.45, 7) is 6.39. The van der Waals surface area contributed by atoms with Crippen molar-refractivity contribution in [3.8, 4) is 11.8 Å². The van der Waals surface area contributed by atoms with Gasteiger partial charge < -0.3 is 10.5 Å². The van der Waals surface area contributed by atoms with E-state index in [1.807, 2.05) is 6.07 Å². The molecule has 0 aliphatic carbocycles. The number of hydrogen-bond donors (Lipinski definition) is 1. The van der Waals surface area contributed by atoms with Gasteiger partial charge >= 0.3 is 0 Å². The maximum Gasteiger partial charge on any atom is 0.0809 e. The monoisotopic (exact) mass is 251 g/mol. The van der Waals surface area contributed by atoms with Gasteiger partial charge in [0.1, 0.15) is 0 Å². The molecule has 2 nitrogen and oxygen atoms in total. The molecule has 0 bridgehead atoms. The van der Waals surface area contributed by atoms with E-state index < -0.39 is 0 Å². The predicted octanol–water partition coefficient (Wildman–Crippen LogP) is 3.01. The van der Waals surface area contributed by atoms with Crippen LogP contribution in [0, 0.1) is 17.8 Å². The molecular weight excluding hydrogens is 230 g/mol. The lowest BCUT2D eigenvalue weighted by Crippen LogP contribution is -2.04. The van der Waals surface area contributed by atoms with Crippen LogP contribution in [0.25, 0.3) is 0 Å². The first-order valence-electron chi connectivity index (χ1n) is 6.11. The highest BCUT2D eigenvalue weighted by atomic mass is 32.1. The Morgan fingerprint density at radius 2 is 2.29 bits per heavy atom. The van der Waals surface area contributed by atoms with E-state index in [1.54, 1.807) is 11.3 Å². The summed E-state index contributed by atoms with van der Waals surface area (Å²) in [6, 6.07) is 4.11. The van der Waals surface area contributed by atoms with E-state index in [-0.39, 0.29) is 0 Å². The minimum Gasteiger partial charge on any atom is -0.376 e. The SMILES string of the molecule is CCCC(C)COCc1ccc(C#CCN)s1. The quantitative estimate of drug-likeness (QED) is 0.789. The summed E-state index contributed by atoms with van der Waals surface area (Å²) >= 11 is 1.68. The third-order valence-corrected chi connectivity index (χ3v) is 3.38. The summed E-state index contributed by atoms with van der Waals surface area (Å²) < 4.78 is 5.69. The van der Waals surface area contributed by atoms with E-state index in [1.165, 1.54) is 17.7 Å². The van der Waals surface area contributed by atoms with Crippen molar-refractivity contribution in [2.45, 2.75) is 33.3 Å². The number of hydrogen-bond acceptors (Lipinski definition) is 3. The summed E-state index contributed by atoms with van der Waals surface area (Å²) in [7, 11) is 0. The van der Waals surface area contributed by atoms with Crippen LogP contribution < -0.4 is 5.73 Å². The van der Waals surface area contributed by atoms with E-state index in [0.29, 0.717) is 19.1 Å². The first-order chi connectivity index (χ1) is 8.26. The van der Waals surface area contributed by atoms with Crippen molar-refractivity contribution in [2.24, 2.45) is 11.7 Å². The van der Waals surface area contributed by atoms with Crippen molar-refractivity contribution in [3.63, 3.8) is 0 Å². The fraction of sp³-hybridized carbons (Fsp3) is 0.571. The number of rotatable bonds is 6. The van der Waals surface area contributed by atoms with Gasteiger partial charge in [0, 0.05) is 11.5 Å². The lowest BCUT2D eigenvalue weighted by Gasteiger charge is -2.09. The molecule has 1 unspecified atom stereocenters. The van der Waals surface area contributed by atoms with Crippen LogP contribution in [0.1, 0.15) is 36.4 Å². The van der Waals surface area contributed by atoms with Gasteiger partial charge in [-0.05, 0) is 24.5 Å². The smallest absolute Gasteiger partial charge is 0.0809 e. The van der Waals surface area contributed by atoms with Crippen molar-refractivity contribution >= 4 is 11.3 Å². The van der Waals surface area contributed by atoms with Gasteiger partial charge in [0.25, 0.3) is 0 Å². The van der Waals surface area contributed by atoms with Crippen molar-refractivity contribution < 1.29 is 4.74 Å². The van der Waals surface area contributed by atoms with Gasteiger partial charge in [-0.1, -0.05) is 32.1 Å². The van der Waals surface area contributed by atoms with E-state index in [9.17, 15) is 0 Å². The topological polar surface area (TPSA) is 35.2 Å². The zero-order chi connectivity index (χ0) is 12.5. The molecule has 0 amide bonds. The van der Waals surface area contributed by atoms with E-state index in [0.717, 1.165) is 11.5 Å². The van der Waals surface area contributed by atoms with Crippen LogP contribution in [0.5, 0.6) is 0 Å². The largest absolute Gasteiger partial charge is 0.376 e. The van der Waals surface area contributed by atoms with Crippen molar-refractivity contribution in [1.82, 2.24) is 0 Å². The van der Waals surface area contributed by atoms with E-state index >= 15 is 0 Å². The molecule has 0 fully saturated rings. The summed E-state index contributed by atoms with van der Waals surface area (Å²) in [6.07, 6.45) is 2.46. The van der Waals surface area contributed by atoms with Crippen LogP contribution in [0.3, 0.4) is 0 Å². The normalized spacial score (nSPS) is 11.9. The molecular formula is C14H21NOS. The van der Waals surface area contributed by atoms with Gasteiger partial charge in [0.2, 0.25) is 0 Å². The number of thiophene rings is 1. The van der Waals surface area contributed by atoms with Crippen LogP contribution in [-0.2, 0) is 11.3 Å². The molecule has 3 heteroatoms. The molecule has 1 heterocycles. The standard InChI is InChI=1S/C14H21NOS/c1-3-5-12(2)10-16-11-14-8-7-13(17-14)6-4-9-15/h7-8,12H,3,5,9-11,15H2,1-2H3. The van der Waals surface area contributed by atoms with Crippen molar-refractivity contribution in [1.29, 1.82) is 0 Å². The maximum atomic E-state index is 5.69. The van der Waals surface area contributed by atoms with Gasteiger partial charge in [-0.25, -0.2) is 0 Å². The molecule has 0 aliphatic heterocycles. The Morgan fingerprint density at radius 3 is 3.00 bits per heavy atom. The summed E-state index contributed by atoms with van der Waals surface area (Å²) in [4.78, 5) is 2.30. The molecule has 94 valence electrons. The Hall–Kier alpha value is -0.820. The molecule has 0 radical (unpaired) electrons. The van der Waals surface area contributed by atoms with Crippen LogP contribution in [0.2, 0.25) is 0 Å². The van der Waals surface area contributed by atoms with Gasteiger partial charge in [-0.15, -0.1) is 11.3 Å². The summed E-state index contributed by atoms with van der Waals surface area (Å²) in [5.41, 5.74) is 5.33. The van der Waals surface area contributed by atoms with E-state index in [4.69, 9.17) is 10.5 Å². The third-order valence-electron chi connectivity index (χ3n) is 2.40. The highest BCUT2D eigenvalue weighted by Crippen LogP contribution is 2.17. The van der Waals surface area contributed by atoms with Gasteiger partial charge in [-0.3, -0.25) is 0 Å².